The van der Waals surface area contributed by atoms with Crippen LogP contribution in [-0.4, -0.2) is 19.0 Å². The van der Waals surface area contributed by atoms with Crippen molar-refractivity contribution in [3.05, 3.63) is 0 Å². The summed E-state index contributed by atoms with van der Waals surface area (Å²) in [4.78, 5) is 0. The summed E-state index contributed by atoms with van der Waals surface area (Å²) in [6, 6.07) is 0. The van der Waals surface area contributed by atoms with Crippen LogP contribution in [0.25, 0.3) is 0 Å². The second-order valence-electron chi connectivity index (χ2n) is 3.92. The summed E-state index contributed by atoms with van der Waals surface area (Å²) in [5.41, 5.74) is 0. The van der Waals surface area contributed by atoms with Gasteiger partial charge in [-0.1, -0.05) is 33.6 Å². The van der Waals surface area contributed by atoms with Gasteiger partial charge in [-0.2, -0.15) is 0 Å². The highest BCUT2D eigenvalue weighted by Crippen LogP contribution is 2.06. The van der Waals surface area contributed by atoms with Gasteiger partial charge < -0.3 is 5.32 Å². The maximum absolute atomic E-state index is 5.66. The van der Waals surface area contributed by atoms with E-state index in [-0.39, 0.29) is 0 Å². The lowest BCUT2D eigenvalue weighted by Crippen LogP contribution is -2.27. The molecule has 0 heterocycles. The molecule has 0 fully saturated rings. The minimum atomic E-state index is 0.715. The maximum Gasteiger partial charge on any atom is 0.0226 e. The molecule has 1 nitrogen and oxygen atoms in total. The van der Waals surface area contributed by atoms with E-state index in [0.717, 1.165) is 24.8 Å². The van der Waals surface area contributed by atoms with E-state index in [1.807, 2.05) is 0 Å². The first-order valence-electron chi connectivity index (χ1n) is 5.51. The van der Waals surface area contributed by atoms with Gasteiger partial charge in [-0.3, -0.25) is 0 Å². The third kappa shape index (κ3) is 7.33. The van der Waals surface area contributed by atoms with E-state index in [1.54, 1.807) is 0 Å². The molecule has 0 aromatic heterocycles. The van der Waals surface area contributed by atoms with E-state index < -0.39 is 0 Å². The highest BCUT2D eigenvalue weighted by Gasteiger charge is 2.04. The van der Waals surface area contributed by atoms with Crippen molar-refractivity contribution in [3.63, 3.8) is 0 Å². The van der Waals surface area contributed by atoms with Gasteiger partial charge >= 0.3 is 0 Å². The molecular weight excluding hydrogens is 182 g/mol. The fraction of sp³-hybridized carbons (Fsp3) is 1.00. The van der Waals surface area contributed by atoms with Crippen molar-refractivity contribution >= 4 is 11.6 Å². The first-order valence-corrected chi connectivity index (χ1v) is 6.04. The molecule has 0 aliphatic rings. The monoisotopic (exact) mass is 205 g/mol. The van der Waals surface area contributed by atoms with Crippen LogP contribution < -0.4 is 5.32 Å². The quantitative estimate of drug-likeness (QED) is 0.600. The Morgan fingerprint density at radius 3 is 2.23 bits per heavy atom. The number of alkyl halides is 1. The van der Waals surface area contributed by atoms with Gasteiger partial charge in [0.25, 0.3) is 0 Å². The second kappa shape index (κ2) is 8.83. The molecule has 0 aromatic carbocycles. The SMILES string of the molecule is CCC(CC)CNCC(C)CCCl. The van der Waals surface area contributed by atoms with Crippen LogP contribution in [0.4, 0.5) is 0 Å². The maximum atomic E-state index is 5.66. The number of hydrogen-bond acceptors (Lipinski definition) is 1. The summed E-state index contributed by atoms with van der Waals surface area (Å²) >= 11 is 5.66. The van der Waals surface area contributed by atoms with E-state index in [0.29, 0.717) is 5.92 Å². The zero-order valence-electron chi connectivity index (χ0n) is 9.28. The summed E-state index contributed by atoms with van der Waals surface area (Å²) in [5, 5.41) is 3.51. The second-order valence-corrected chi connectivity index (χ2v) is 4.30. The van der Waals surface area contributed by atoms with Gasteiger partial charge in [0.05, 0.1) is 0 Å². The first kappa shape index (κ1) is 13.2. The minimum absolute atomic E-state index is 0.715. The summed E-state index contributed by atoms with van der Waals surface area (Å²) in [7, 11) is 0. The zero-order valence-corrected chi connectivity index (χ0v) is 10.0. The summed E-state index contributed by atoms with van der Waals surface area (Å²) < 4.78 is 0. The summed E-state index contributed by atoms with van der Waals surface area (Å²) in [6.45, 7) is 9.06. The lowest BCUT2D eigenvalue weighted by molar-refractivity contribution is 0.417. The van der Waals surface area contributed by atoms with E-state index in [2.05, 4.69) is 26.1 Å². The van der Waals surface area contributed by atoms with Crippen molar-refractivity contribution in [2.45, 2.75) is 40.0 Å². The van der Waals surface area contributed by atoms with Crippen molar-refractivity contribution in [2.24, 2.45) is 11.8 Å². The Kier molecular flexibility index (Phi) is 9.00. The predicted molar refractivity (Wildman–Crippen MR) is 61.4 cm³/mol. The van der Waals surface area contributed by atoms with E-state index in [1.165, 1.54) is 19.4 Å². The molecule has 0 amide bonds. The number of hydrogen-bond donors (Lipinski definition) is 1. The van der Waals surface area contributed by atoms with Gasteiger partial charge in [-0.15, -0.1) is 11.6 Å². The normalized spacial score (nSPS) is 13.6. The fourth-order valence-corrected chi connectivity index (χ4v) is 1.77. The highest BCUT2D eigenvalue weighted by molar-refractivity contribution is 6.17. The van der Waals surface area contributed by atoms with Crippen LogP contribution in [0.5, 0.6) is 0 Å². The van der Waals surface area contributed by atoms with Crippen molar-refractivity contribution < 1.29 is 0 Å². The largest absolute Gasteiger partial charge is 0.316 e. The Bertz CT molecular complexity index is 102. The van der Waals surface area contributed by atoms with Crippen LogP contribution >= 0.6 is 11.6 Å². The van der Waals surface area contributed by atoms with E-state index >= 15 is 0 Å². The summed E-state index contributed by atoms with van der Waals surface area (Å²) in [5.74, 6) is 2.35. The van der Waals surface area contributed by atoms with E-state index in [9.17, 15) is 0 Å². The van der Waals surface area contributed by atoms with Crippen molar-refractivity contribution in [1.82, 2.24) is 5.32 Å². The average Bonchev–Trinajstić information content (AvgIpc) is 2.13. The first-order chi connectivity index (χ1) is 6.24. The summed E-state index contributed by atoms with van der Waals surface area (Å²) in [6.07, 6.45) is 3.69. The number of halogens is 1. The molecule has 2 heteroatoms. The molecule has 0 aliphatic heterocycles. The predicted octanol–water partition coefficient (Wildman–Crippen LogP) is 3.28. The molecule has 1 N–H and O–H groups in total. The molecule has 0 aliphatic carbocycles. The lowest BCUT2D eigenvalue weighted by atomic mass is 10.0. The minimum Gasteiger partial charge on any atom is -0.316 e. The van der Waals surface area contributed by atoms with Crippen LogP contribution in [0.2, 0.25) is 0 Å². The Hall–Kier alpha value is 0.250. The molecule has 0 bridgehead atoms. The average molecular weight is 206 g/mol. The third-order valence-corrected chi connectivity index (χ3v) is 2.90. The van der Waals surface area contributed by atoms with Crippen LogP contribution in [0.1, 0.15) is 40.0 Å². The molecule has 0 spiro atoms. The van der Waals surface area contributed by atoms with Gasteiger partial charge in [-0.25, -0.2) is 0 Å². The molecule has 0 radical (unpaired) electrons. The van der Waals surface area contributed by atoms with Gasteiger partial charge in [-0.05, 0) is 31.3 Å². The molecule has 1 unspecified atom stereocenters. The van der Waals surface area contributed by atoms with E-state index in [4.69, 9.17) is 11.6 Å². The molecule has 13 heavy (non-hydrogen) atoms. The van der Waals surface area contributed by atoms with Crippen LogP contribution in [0.15, 0.2) is 0 Å². The Labute approximate surface area is 88.2 Å². The molecule has 0 saturated heterocycles. The van der Waals surface area contributed by atoms with Crippen molar-refractivity contribution in [1.29, 1.82) is 0 Å². The van der Waals surface area contributed by atoms with Crippen LogP contribution in [-0.2, 0) is 0 Å². The number of nitrogens with one attached hydrogen (secondary N) is 1. The van der Waals surface area contributed by atoms with Crippen LogP contribution in [0, 0.1) is 11.8 Å². The Morgan fingerprint density at radius 1 is 1.15 bits per heavy atom. The molecule has 1 atom stereocenters. The van der Waals surface area contributed by atoms with Gasteiger partial charge in [0.2, 0.25) is 0 Å². The van der Waals surface area contributed by atoms with Gasteiger partial charge in [0.15, 0.2) is 0 Å². The Morgan fingerprint density at radius 2 is 1.77 bits per heavy atom. The fourth-order valence-electron chi connectivity index (χ4n) is 1.40. The molecule has 0 rings (SSSR count). The van der Waals surface area contributed by atoms with Crippen LogP contribution in [0.3, 0.4) is 0 Å². The number of rotatable bonds is 8. The van der Waals surface area contributed by atoms with Crippen molar-refractivity contribution in [3.8, 4) is 0 Å². The lowest BCUT2D eigenvalue weighted by Gasteiger charge is -2.15. The van der Waals surface area contributed by atoms with Gasteiger partial charge in [0.1, 0.15) is 0 Å². The van der Waals surface area contributed by atoms with Gasteiger partial charge in [0, 0.05) is 5.88 Å². The topological polar surface area (TPSA) is 12.0 Å². The molecule has 80 valence electrons. The molecule has 0 saturated carbocycles. The zero-order chi connectivity index (χ0) is 10.1. The Balaban J connectivity index is 3.32. The molecule has 0 aromatic rings. The smallest absolute Gasteiger partial charge is 0.0226 e. The molecular formula is C11H24ClN. The highest BCUT2D eigenvalue weighted by atomic mass is 35.5. The third-order valence-electron chi connectivity index (χ3n) is 2.68. The standard InChI is InChI=1S/C11H24ClN/c1-4-11(5-2)9-13-8-10(3)6-7-12/h10-11,13H,4-9H2,1-3H3. The van der Waals surface area contributed by atoms with Crippen molar-refractivity contribution in [2.75, 3.05) is 19.0 Å².